The van der Waals surface area contributed by atoms with E-state index in [1.165, 1.54) is 135 Å². The van der Waals surface area contributed by atoms with Crippen LogP contribution in [-0.4, -0.2) is 36.4 Å². The van der Waals surface area contributed by atoms with E-state index >= 15 is 0 Å². The van der Waals surface area contributed by atoms with E-state index < -0.39 is 6.10 Å². The van der Waals surface area contributed by atoms with Crippen molar-refractivity contribution in [3.8, 4) is 0 Å². The van der Waals surface area contributed by atoms with Crippen molar-refractivity contribution in [2.24, 2.45) is 0 Å². The molecule has 0 aromatic heterocycles. The summed E-state index contributed by atoms with van der Waals surface area (Å²) >= 11 is 0. The van der Waals surface area contributed by atoms with Crippen LogP contribution in [0.2, 0.25) is 0 Å². The van der Waals surface area contributed by atoms with E-state index in [1.807, 2.05) is 0 Å². The lowest BCUT2D eigenvalue weighted by molar-refractivity contribution is -0.161. The van der Waals surface area contributed by atoms with Gasteiger partial charge in [0.1, 0.15) is 6.61 Å². The molecule has 0 aliphatic heterocycles. The van der Waals surface area contributed by atoms with Gasteiger partial charge in [-0.3, -0.25) is 9.59 Å². The Morgan fingerprint density at radius 2 is 0.476 bits per heavy atom. The zero-order valence-corrected chi connectivity index (χ0v) is 54.4. The van der Waals surface area contributed by atoms with Gasteiger partial charge in [-0.15, -0.1) is 0 Å². The first-order valence-corrected chi connectivity index (χ1v) is 34.7. The number of aliphatic hydroxyl groups is 1. The van der Waals surface area contributed by atoms with Gasteiger partial charge < -0.3 is 14.6 Å². The van der Waals surface area contributed by atoms with Crippen molar-refractivity contribution in [1.29, 1.82) is 0 Å². The van der Waals surface area contributed by atoms with Gasteiger partial charge in [0.15, 0.2) is 6.10 Å². The van der Waals surface area contributed by atoms with Crippen molar-refractivity contribution in [3.63, 3.8) is 0 Å². The first-order chi connectivity index (χ1) is 41.6. The van der Waals surface area contributed by atoms with Gasteiger partial charge in [-0.1, -0.05) is 325 Å². The van der Waals surface area contributed by atoms with E-state index in [1.54, 1.807) is 0 Å². The van der Waals surface area contributed by atoms with Crippen molar-refractivity contribution in [3.05, 3.63) is 170 Å². The number of esters is 2. The van der Waals surface area contributed by atoms with E-state index in [0.29, 0.717) is 12.8 Å². The summed E-state index contributed by atoms with van der Waals surface area (Å²) in [4.78, 5) is 24.7. The lowest BCUT2D eigenvalue weighted by atomic mass is 10.0. The number of aliphatic hydroxyl groups excluding tert-OH is 1. The molecule has 5 heteroatoms. The summed E-state index contributed by atoms with van der Waals surface area (Å²) in [6.45, 7) is 3.91. The standard InChI is InChI=1S/C79H128O5/c1-3-5-7-9-11-13-15-17-19-21-23-25-27-29-31-33-35-37-38-39-40-42-44-46-48-50-52-54-56-58-60-62-64-66-68-70-72-74-79(82)84-77(75-80)76-83-78(81)73-71-69-67-65-63-61-59-57-55-53-51-49-47-45-43-41-36-34-32-30-28-26-24-22-20-18-16-14-12-10-8-6-4-2/h5-8,11-14,17-20,23-26,29,31,35,37,39-40,44,46,50,52,56,58,77,80H,3-4,9-10,15-16,21-22,27-28,30,32-34,36,38,41-43,45,47-49,51,53-55,57,59-76H2,1-2H3/b7-5-,8-6-,13-11-,14-12-,19-17-,20-18-,25-23-,26-24-,31-29-,37-35-,40-39-,46-44-,52-50-,58-56-. The molecule has 0 radical (unpaired) electrons. The lowest BCUT2D eigenvalue weighted by Crippen LogP contribution is -2.28. The highest BCUT2D eigenvalue weighted by molar-refractivity contribution is 5.70. The summed E-state index contributed by atoms with van der Waals surface area (Å²) in [5.41, 5.74) is 0. The van der Waals surface area contributed by atoms with Crippen LogP contribution in [0.5, 0.6) is 0 Å². The first-order valence-electron chi connectivity index (χ1n) is 34.7. The summed E-state index contributed by atoms with van der Waals surface area (Å²) < 4.78 is 10.7. The molecule has 0 aliphatic carbocycles. The molecule has 0 bridgehead atoms. The minimum Gasteiger partial charge on any atom is -0.462 e. The zero-order chi connectivity index (χ0) is 60.5. The van der Waals surface area contributed by atoms with E-state index in [-0.39, 0.29) is 25.2 Å². The van der Waals surface area contributed by atoms with Crippen molar-refractivity contribution in [1.82, 2.24) is 0 Å². The Morgan fingerprint density at radius 3 is 0.714 bits per heavy atom. The molecule has 0 aromatic rings. The molecular weight excluding hydrogens is 1030 g/mol. The van der Waals surface area contributed by atoms with Gasteiger partial charge in [0.25, 0.3) is 0 Å². The van der Waals surface area contributed by atoms with E-state index in [2.05, 4.69) is 184 Å². The average Bonchev–Trinajstić information content (AvgIpc) is 3.51. The Morgan fingerprint density at radius 1 is 0.274 bits per heavy atom. The molecule has 0 saturated carbocycles. The molecule has 5 nitrogen and oxygen atoms in total. The summed E-state index contributed by atoms with van der Waals surface area (Å²) in [7, 11) is 0. The number of hydrogen-bond donors (Lipinski definition) is 1. The number of rotatable bonds is 62. The molecule has 474 valence electrons. The molecule has 0 spiro atoms. The second-order valence-corrected chi connectivity index (χ2v) is 22.5. The molecule has 0 aromatic carbocycles. The maximum Gasteiger partial charge on any atom is 0.306 e. The van der Waals surface area contributed by atoms with E-state index in [9.17, 15) is 14.7 Å². The zero-order valence-electron chi connectivity index (χ0n) is 54.4. The Kier molecular flexibility index (Phi) is 68.4. The van der Waals surface area contributed by atoms with Gasteiger partial charge in [0.2, 0.25) is 0 Å². The average molecular weight is 1160 g/mol. The van der Waals surface area contributed by atoms with Crippen LogP contribution in [0.1, 0.15) is 296 Å². The van der Waals surface area contributed by atoms with Gasteiger partial charge in [-0.05, 0) is 128 Å². The predicted octanol–water partition coefficient (Wildman–Crippen LogP) is 24.4. The fourth-order valence-electron chi connectivity index (χ4n) is 9.40. The fourth-order valence-corrected chi connectivity index (χ4v) is 9.40. The highest BCUT2D eigenvalue weighted by Crippen LogP contribution is 2.17. The van der Waals surface area contributed by atoms with Crippen molar-refractivity contribution in [2.75, 3.05) is 13.2 Å². The summed E-state index contributed by atoms with van der Waals surface area (Å²) in [5, 5.41) is 9.70. The molecule has 0 fully saturated rings. The van der Waals surface area contributed by atoms with E-state index in [0.717, 1.165) is 135 Å². The lowest BCUT2D eigenvalue weighted by Gasteiger charge is -2.15. The maximum absolute atomic E-state index is 12.4. The normalized spacial score (nSPS) is 13.3. The molecule has 0 heterocycles. The molecular formula is C79H128O5. The second kappa shape index (κ2) is 72.5. The van der Waals surface area contributed by atoms with Gasteiger partial charge in [-0.2, -0.15) is 0 Å². The maximum atomic E-state index is 12.4. The number of unbranched alkanes of at least 4 members (excludes halogenated alkanes) is 26. The quantitative estimate of drug-likeness (QED) is 0.0373. The fraction of sp³-hybridized carbons (Fsp3) is 0.620. The van der Waals surface area contributed by atoms with Gasteiger partial charge in [-0.25, -0.2) is 0 Å². The minimum absolute atomic E-state index is 0.0792. The van der Waals surface area contributed by atoms with Crippen LogP contribution in [0.3, 0.4) is 0 Å². The van der Waals surface area contributed by atoms with Crippen molar-refractivity contribution < 1.29 is 24.2 Å². The Hall–Kier alpha value is -4.74. The van der Waals surface area contributed by atoms with Gasteiger partial charge in [0, 0.05) is 12.8 Å². The first kappa shape index (κ1) is 79.3. The van der Waals surface area contributed by atoms with Gasteiger partial charge >= 0.3 is 11.9 Å². The van der Waals surface area contributed by atoms with Crippen LogP contribution in [0.25, 0.3) is 0 Å². The van der Waals surface area contributed by atoms with Crippen LogP contribution >= 0.6 is 0 Å². The molecule has 0 rings (SSSR count). The largest absolute Gasteiger partial charge is 0.462 e. The van der Waals surface area contributed by atoms with Crippen LogP contribution in [0, 0.1) is 0 Å². The number of hydrogen-bond acceptors (Lipinski definition) is 5. The number of allylic oxidation sites excluding steroid dienone is 28. The minimum atomic E-state index is -0.792. The third-order valence-electron chi connectivity index (χ3n) is 14.5. The molecule has 0 aliphatic rings. The molecule has 1 unspecified atom stereocenters. The molecule has 84 heavy (non-hydrogen) atoms. The Balaban J connectivity index is 3.56. The molecule has 1 N–H and O–H groups in total. The molecule has 1 atom stereocenters. The third kappa shape index (κ3) is 69.8. The Bertz CT molecular complexity index is 1840. The van der Waals surface area contributed by atoms with Crippen LogP contribution in [-0.2, 0) is 19.1 Å². The number of ether oxygens (including phenoxy) is 2. The highest BCUT2D eigenvalue weighted by Gasteiger charge is 2.16. The van der Waals surface area contributed by atoms with Crippen molar-refractivity contribution >= 4 is 11.9 Å². The monoisotopic (exact) mass is 1160 g/mol. The summed E-state index contributed by atoms with van der Waals surface area (Å²) in [5.74, 6) is -0.609. The summed E-state index contributed by atoms with van der Waals surface area (Å²) in [6, 6.07) is 0. The summed E-state index contributed by atoms with van der Waals surface area (Å²) in [6.07, 6.45) is 112. The molecule has 0 saturated heterocycles. The van der Waals surface area contributed by atoms with Crippen molar-refractivity contribution in [2.45, 2.75) is 302 Å². The van der Waals surface area contributed by atoms with Gasteiger partial charge in [0.05, 0.1) is 6.61 Å². The third-order valence-corrected chi connectivity index (χ3v) is 14.5. The molecule has 0 amide bonds. The Labute approximate surface area is 519 Å². The number of carbonyl (C=O) groups is 2. The number of carbonyl (C=O) groups excluding carboxylic acids is 2. The highest BCUT2D eigenvalue weighted by atomic mass is 16.6. The SMILES string of the molecule is CC/C=C\C/C=C\C/C=C\C/C=C\C/C=C\C/C=C\C/C=C\C/C=C\C/C=C\C/C=C\CCCCCCCCC(=O)OC(CO)COC(=O)CCCCCCCCCCCCCCCCCCCCCC/C=C\C/C=C\C/C=C\C/C=C\CC. The predicted molar refractivity (Wildman–Crippen MR) is 370 cm³/mol. The topological polar surface area (TPSA) is 72.8 Å². The second-order valence-electron chi connectivity index (χ2n) is 22.5. The van der Waals surface area contributed by atoms with Crippen LogP contribution in [0.4, 0.5) is 0 Å². The van der Waals surface area contributed by atoms with Crippen LogP contribution < -0.4 is 0 Å². The smallest absolute Gasteiger partial charge is 0.306 e. The van der Waals surface area contributed by atoms with Crippen LogP contribution in [0.15, 0.2) is 170 Å². The van der Waals surface area contributed by atoms with E-state index in [4.69, 9.17) is 9.47 Å².